The van der Waals surface area contributed by atoms with Crippen LogP contribution in [0.5, 0.6) is 5.75 Å². The molecule has 0 saturated carbocycles. The number of rotatable bonds is 4. The summed E-state index contributed by atoms with van der Waals surface area (Å²) in [5, 5.41) is 13.5. The van der Waals surface area contributed by atoms with Crippen LogP contribution in [0.25, 0.3) is 11.0 Å². The fourth-order valence-electron chi connectivity index (χ4n) is 3.93. The highest BCUT2D eigenvalue weighted by atomic mass is 19.4. The molecule has 30 heavy (non-hydrogen) atoms. The molecule has 0 radical (unpaired) electrons. The maximum Gasteiger partial charge on any atom is 0.416 e. The molecule has 158 valence electrons. The van der Waals surface area contributed by atoms with Crippen LogP contribution in [0, 0.1) is 6.92 Å². The van der Waals surface area contributed by atoms with Crippen molar-refractivity contribution in [2.75, 3.05) is 18.4 Å². The number of phenolic OH excluding ortho intramolecular Hbond substituents is 1. The Balaban J connectivity index is 1.72. The number of halogens is 3. The van der Waals surface area contributed by atoms with Crippen molar-refractivity contribution in [3.63, 3.8) is 0 Å². The third-order valence-corrected chi connectivity index (χ3v) is 5.37. The van der Waals surface area contributed by atoms with Gasteiger partial charge in [-0.2, -0.15) is 13.2 Å². The molecule has 0 spiro atoms. The van der Waals surface area contributed by atoms with Crippen LogP contribution >= 0.6 is 0 Å². The standard InChI is InChI=1S/C22H21F3N2O3/c1-13-19(21(29)26-15-6-4-5-14(11-15)22(23,24)25)20-16(12-27-9-2-3-10-27)17(28)7-8-18(20)30-13/h4-8,11,28H,2-3,9-10,12H2,1H3,(H,26,29). The van der Waals surface area contributed by atoms with Crippen LogP contribution in [0.1, 0.15) is 40.1 Å². The zero-order chi connectivity index (χ0) is 21.5. The molecule has 2 heterocycles. The molecule has 2 N–H and O–H groups in total. The molecule has 1 aliphatic rings. The number of alkyl halides is 3. The largest absolute Gasteiger partial charge is 0.508 e. The van der Waals surface area contributed by atoms with Crippen LogP contribution in [0.4, 0.5) is 18.9 Å². The Morgan fingerprint density at radius 2 is 1.93 bits per heavy atom. The number of hydrogen-bond acceptors (Lipinski definition) is 4. The van der Waals surface area contributed by atoms with Gasteiger partial charge in [-0.1, -0.05) is 6.07 Å². The van der Waals surface area contributed by atoms with Crippen molar-refractivity contribution in [1.29, 1.82) is 0 Å². The number of benzene rings is 2. The molecule has 4 rings (SSSR count). The maximum absolute atomic E-state index is 13.0. The van der Waals surface area contributed by atoms with Gasteiger partial charge in [0.05, 0.1) is 11.1 Å². The number of aryl methyl sites for hydroxylation is 1. The fraction of sp³-hybridized carbons (Fsp3) is 0.318. The van der Waals surface area contributed by atoms with Crippen molar-refractivity contribution in [2.24, 2.45) is 0 Å². The number of likely N-dealkylation sites (tertiary alicyclic amines) is 1. The monoisotopic (exact) mass is 418 g/mol. The van der Waals surface area contributed by atoms with Gasteiger partial charge in [-0.15, -0.1) is 0 Å². The lowest BCUT2D eigenvalue weighted by atomic mass is 10.0. The third kappa shape index (κ3) is 3.87. The van der Waals surface area contributed by atoms with Crippen molar-refractivity contribution in [1.82, 2.24) is 4.90 Å². The van der Waals surface area contributed by atoms with Gasteiger partial charge in [0.1, 0.15) is 17.1 Å². The Bertz CT molecular complexity index is 1100. The second kappa shape index (κ2) is 7.68. The van der Waals surface area contributed by atoms with Gasteiger partial charge >= 0.3 is 6.18 Å². The Kier molecular flexibility index (Phi) is 5.19. The molecular weight excluding hydrogens is 397 g/mol. The van der Waals surface area contributed by atoms with Crippen LogP contribution in [0.2, 0.25) is 0 Å². The van der Waals surface area contributed by atoms with Gasteiger partial charge in [-0.3, -0.25) is 9.69 Å². The van der Waals surface area contributed by atoms with Gasteiger partial charge in [0.25, 0.3) is 5.91 Å². The third-order valence-electron chi connectivity index (χ3n) is 5.37. The van der Waals surface area contributed by atoms with Crippen molar-refractivity contribution in [3.8, 4) is 5.75 Å². The summed E-state index contributed by atoms with van der Waals surface area (Å²) in [6.45, 7) is 3.89. The number of fused-ring (bicyclic) bond motifs is 1. The van der Waals surface area contributed by atoms with Crippen LogP contribution in [0.3, 0.4) is 0 Å². The van der Waals surface area contributed by atoms with E-state index in [4.69, 9.17) is 4.42 Å². The summed E-state index contributed by atoms with van der Waals surface area (Å²) < 4.78 is 44.7. The molecule has 1 saturated heterocycles. The molecule has 0 aliphatic carbocycles. The Labute approximate surface area is 171 Å². The summed E-state index contributed by atoms with van der Waals surface area (Å²) in [4.78, 5) is 15.2. The Morgan fingerprint density at radius 3 is 2.63 bits per heavy atom. The number of carbonyl (C=O) groups is 1. The number of phenols is 1. The quantitative estimate of drug-likeness (QED) is 0.602. The van der Waals surface area contributed by atoms with Crippen LogP contribution in [-0.4, -0.2) is 29.0 Å². The van der Waals surface area contributed by atoms with E-state index in [-0.39, 0.29) is 17.0 Å². The Morgan fingerprint density at radius 1 is 1.20 bits per heavy atom. The molecule has 1 fully saturated rings. The van der Waals surface area contributed by atoms with E-state index >= 15 is 0 Å². The molecular formula is C22H21F3N2O3. The van der Waals surface area contributed by atoms with Gasteiger partial charge in [0.15, 0.2) is 0 Å². The summed E-state index contributed by atoms with van der Waals surface area (Å²) in [6.07, 6.45) is -2.36. The first kappa shape index (κ1) is 20.3. The zero-order valence-corrected chi connectivity index (χ0v) is 16.3. The smallest absolute Gasteiger partial charge is 0.416 e. The SMILES string of the molecule is Cc1oc2ccc(O)c(CN3CCCC3)c2c1C(=O)Nc1cccc(C(F)(F)F)c1. The number of nitrogens with one attached hydrogen (secondary N) is 1. The topological polar surface area (TPSA) is 65.7 Å². The lowest BCUT2D eigenvalue weighted by Crippen LogP contribution is -2.19. The molecule has 2 aromatic carbocycles. The lowest BCUT2D eigenvalue weighted by Gasteiger charge is -2.17. The minimum Gasteiger partial charge on any atom is -0.508 e. The molecule has 1 amide bonds. The molecule has 0 unspecified atom stereocenters. The van der Waals surface area contributed by atoms with E-state index in [0.29, 0.717) is 28.8 Å². The molecule has 0 atom stereocenters. The van der Waals surface area contributed by atoms with E-state index in [1.165, 1.54) is 18.2 Å². The van der Waals surface area contributed by atoms with E-state index in [0.717, 1.165) is 38.1 Å². The highest BCUT2D eigenvalue weighted by molar-refractivity contribution is 6.14. The fourth-order valence-corrected chi connectivity index (χ4v) is 3.93. The summed E-state index contributed by atoms with van der Waals surface area (Å²) in [6, 6.07) is 7.59. The van der Waals surface area contributed by atoms with Gasteiger partial charge in [-0.05, 0) is 63.2 Å². The van der Waals surface area contributed by atoms with Crippen molar-refractivity contribution >= 4 is 22.6 Å². The lowest BCUT2D eigenvalue weighted by molar-refractivity contribution is -0.137. The molecule has 8 heteroatoms. The van der Waals surface area contributed by atoms with Crippen LogP contribution in [-0.2, 0) is 12.7 Å². The van der Waals surface area contributed by atoms with Crippen molar-refractivity contribution in [2.45, 2.75) is 32.5 Å². The Hall–Kier alpha value is -3.00. The van der Waals surface area contributed by atoms with Crippen molar-refractivity contribution < 1.29 is 27.5 Å². The second-order valence-corrected chi connectivity index (χ2v) is 7.49. The zero-order valence-electron chi connectivity index (χ0n) is 16.3. The summed E-state index contributed by atoms with van der Waals surface area (Å²) in [7, 11) is 0. The van der Waals surface area contributed by atoms with Crippen molar-refractivity contribution in [3.05, 3.63) is 58.8 Å². The number of anilines is 1. The summed E-state index contributed by atoms with van der Waals surface area (Å²) in [5.41, 5.74) is 0.438. The van der Waals surface area contributed by atoms with E-state index in [2.05, 4.69) is 10.2 Å². The van der Waals surface area contributed by atoms with E-state index in [9.17, 15) is 23.1 Å². The first-order valence-corrected chi connectivity index (χ1v) is 9.69. The molecule has 1 aromatic heterocycles. The van der Waals surface area contributed by atoms with E-state index < -0.39 is 17.6 Å². The number of carbonyl (C=O) groups excluding carboxylic acids is 1. The predicted molar refractivity (Wildman–Crippen MR) is 107 cm³/mol. The summed E-state index contributed by atoms with van der Waals surface area (Å²) in [5.74, 6) is -0.190. The molecule has 1 aliphatic heterocycles. The number of aromatic hydroxyl groups is 1. The highest BCUT2D eigenvalue weighted by Gasteiger charge is 2.31. The number of hydrogen-bond donors (Lipinski definition) is 2. The number of amides is 1. The summed E-state index contributed by atoms with van der Waals surface area (Å²) >= 11 is 0. The van der Waals surface area contributed by atoms with Gasteiger partial charge in [0.2, 0.25) is 0 Å². The van der Waals surface area contributed by atoms with Crippen LogP contribution in [0.15, 0.2) is 40.8 Å². The highest BCUT2D eigenvalue weighted by Crippen LogP contribution is 2.36. The predicted octanol–water partition coefficient (Wildman–Crippen LogP) is 5.31. The second-order valence-electron chi connectivity index (χ2n) is 7.49. The number of nitrogens with zero attached hydrogens (tertiary/aromatic N) is 1. The maximum atomic E-state index is 13.0. The minimum absolute atomic E-state index is 0.0322. The van der Waals surface area contributed by atoms with Gasteiger partial charge < -0.3 is 14.8 Å². The average Bonchev–Trinajstić information content (AvgIpc) is 3.30. The van der Waals surface area contributed by atoms with E-state index in [1.807, 2.05) is 0 Å². The molecule has 0 bridgehead atoms. The normalized spacial score (nSPS) is 15.1. The average molecular weight is 418 g/mol. The molecule has 5 nitrogen and oxygen atoms in total. The van der Waals surface area contributed by atoms with Gasteiger partial charge in [0, 0.05) is 23.2 Å². The van der Waals surface area contributed by atoms with Gasteiger partial charge in [-0.25, -0.2) is 0 Å². The van der Waals surface area contributed by atoms with E-state index in [1.54, 1.807) is 13.0 Å². The first-order chi connectivity index (χ1) is 14.2. The minimum atomic E-state index is -4.51. The van der Waals surface area contributed by atoms with Crippen LogP contribution < -0.4 is 5.32 Å². The first-order valence-electron chi connectivity index (χ1n) is 9.69. The molecule has 3 aromatic rings. The number of furan rings is 1.